The predicted octanol–water partition coefficient (Wildman–Crippen LogP) is 22.5. The molecular formula is C80H132NO8+. The zero-order valence-electron chi connectivity index (χ0n) is 57.5. The first-order valence-electron chi connectivity index (χ1n) is 35.6. The maximum absolute atomic E-state index is 13.0. The average Bonchev–Trinajstić information content (AvgIpc) is 3.64. The van der Waals surface area contributed by atoms with E-state index in [1.165, 1.54) is 109 Å². The van der Waals surface area contributed by atoms with Crippen molar-refractivity contribution >= 4 is 17.9 Å². The van der Waals surface area contributed by atoms with Crippen LogP contribution in [0.1, 0.15) is 271 Å². The first kappa shape index (κ1) is 83.9. The van der Waals surface area contributed by atoms with Crippen LogP contribution in [0.3, 0.4) is 0 Å². The molecule has 89 heavy (non-hydrogen) atoms. The van der Waals surface area contributed by atoms with Gasteiger partial charge in [-0.1, -0.05) is 294 Å². The molecule has 2 unspecified atom stereocenters. The Morgan fingerprint density at radius 2 is 0.607 bits per heavy atom. The lowest BCUT2D eigenvalue weighted by atomic mass is 10.0. The fraction of sp³-hybridized carbons (Fsp3) is 0.637. The normalized spacial score (nSPS) is 13.7. The molecular weight excluding hydrogens is 1100 g/mol. The molecule has 0 fully saturated rings. The lowest BCUT2D eigenvalue weighted by Crippen LogP contribution is -2.40. The lowest BCUT2D eigenvalue weighted by molar-refractivity contribution is -0.870. The highest BCUT2D eigenvalue weighted by molar-refractivity contribution is 5.71. The topological polar surface area (TPSA) is 108 Å². The highest BCUT2D eigenvalue weighted by Gasteiger charge is 2.25. The van der Waals surface area contributed by atoms with E-state index >= 15 is 0 Å². The lowest BCUT2D eigenvalue weighted by Gasteiger charge is -2.25. The molecule has 2 atom stereocenters. The molecule has 0 aliphatic rings. The van der Waals surface area contributed by atoms with Crippen molar-refractivity contribution in [1.82, 2.24) is 0 Å². The molecule has 0 bridgehead atoms. The number of hydrogen-bond acceptors (Lipinski definition) is 7. The summed E-state index contributed by atoms with van der Waals surface area (Å²) < 4.78 is 23.0. The number of unbranched alkanes of at least 4 members (excludes halogenated alkanes) is 23. The third kappa shape index (κ3) is 70.2. The van der Waals surface area contributed by atoms with E-state index in [4.69, 9.17) is 18.9 Å². The van der Waals surface area contributed by atoms with Gasteiger partial charge in [-0.3, -0.25) is 9.59 Å². The first-order chi connectivity index (χ1) is 43.6. The van der Waals surface area contributed by atoms with Gasteiger partial charge in [0.25, 0.3) is 6.29 Å². The van der Waals surface area contributed by atoms with Crippen molar-refractivity contribution in [2.75, 3.05) is 47.5 Å². The SMILES string of the molecule is CC/C=C\C/C=C\C/C=C\C/C=C\C/C=C\C/C=C\C/C=C\CCCCCCCCCCCCCC(=O)OC(COC(=O)CCCCCCCCCCCCCC/C=C\C/C=C\C/C=C\C/C=C\C/C=C\C/C=C\CC)COC(OCC[N+](C)(C)C)C(=O)O. The molecule has 1 N–H and O–H groups in total. The molecule has 0 amide bonds. The number of quaternary nitrogens is 1. The zero-order valence-corrected chi connectivity index (χ0v) is 57.5. The van der Waals surface area contributed by atoms with Crippen LogP contribution >= 0.6 is 0 Å². The molecule has 0 rings (SSSR count). The Morgan fingerprint density at radius 1 is 0.337 bits per heavy atom. The molecule has 0 aliphatic carbocycles. The van der Waals surface area contributed by atoms with E-state index < -0.39 is 24.3 Å². The van der Waals surface area contributed by atoms with Crippen LogP contribution in [0, 0.1) is 0 Å². The number of allylic oxidation sites excluding steroid dienone is 26. The molecule has 0 aromatic heterocycles. The fourth-order valence-electron chi connectivity index (χ4n) is 9.41. The third-order valence-corrected chi connectivity index (χ3v) is 14.8. The van der Waals surface area contributed by atoms with E-state index in [-0.39, 0.29) is 32.2 Å². The van der Waals surface area contributed by atoms with E-state index in [1.54, 1.807) is 0 Å². The maximum atomic E-state index is 13.0. The van der Waals surface area contributed by atoms with Crippen molar-refractivity contribution in [3.8, 4) is 0 Å². The van der Waals surface area contributed by atoms with Crippen molar-refractivity contribution in [2.45, 2.75) is 283 Å². The summed E-state index contributed by atoms with van der Waals surface area (Å²) >= 11 is 0. The number of aliphatic carboxylic acids is 1. The molecule has 0 saturated carbocycles. The number of carboxylic acids is 1. The van der Waals surface area contributed by atoms with E-state index in [0.717, 1.165) is 128 Å². The Labute approximate surface area is 546 Å². The molecule has 9 heteroatoms. The Morgan fingerprint density at radius 3 is 0.899 bits per heavy atom. The molecule has 0 spiro atoms. The third-order valence-electron chi connectivity index (χ3n) is 14.8. The average molecular weight is 1240 g/mol. The minimum absolute atomic E-state index is 0.180. The van der Waals surface area contributed by atoms with Crippen LogP contribution < -0.4 is 0 Å². The van der Waals surface area contributed by atoms with Gasteiger partial charge in [0.2, 0.25) is 0 Å². The van der Waals surface area contributed by atoms with Crippen LogP contribution in [0.25, 0.3) is 0 Å². The standard InChI is InChI=1S/C80H131NO8/c1-6-8-10-12-14-16-18-20-22-24-26-28-30-32-34-36-38-39-41-43-45-47-49-51-53-55-57-59-61-63-65-67-69-71-78(83)89-76(75-88-80(79(84)85)86-73-72-81(3,4)5)74-87-77(82)70-68-66-64-62-60-58-56-54-52-50-48-46-44-42-40-37-35-33-31-29-27-25-23-21-19-17-15-13-11-9-7-2/h8-11,14-17,20-23,26-29,32-35,38-40,42-43,45,76,80H,6-7,12-13,18-19,24-25,30-31,36-37,41,44,46-75H2,1-5H3/p+1/b10-8-,11-9-,16-14-,17-15-,22-20-,23-21-,28-26-,29-27-,34-32-,35-33-,39-38-,42-40-,45-43-. The summed E-state index contributed by atoms with van der Waals surface area (Å²) in [5.74, 6) is -2.02. The van der Waals surface area contributed by atoms with Crippen LogP contribution in [0.15, 0.2) is 158 Å². The summed E-state index contributed by atoms with van der Waals surface area (Å²) in [6.45, 7) is 4.64. The van der Waals surface area contributed by atoms with Crippen LogP contribution in [0.2, 0.25) is 0 Å². The Kier molecular flexibility index (Phi) is 64.9. The molecule has 0 saturated heterocycles. The zero-order chi connectivity index (χ0) is 64.7. The second-order valence-electron chi connectivity index (χ2n) is 24.4. The number of ether oxygens (including phenoxy) is 4. The molecule has 0 radical (unpaired) electrons. The molecule has 9 nitrogen and oxygen atoms in total. The van der Waals surface area contributed by atoms with Crippen molar-refractivity contribution in [3.05, 3.63) is 158 Å². The number of hydrogen-bond donors (Lipinski definition) is 1. The maximum Gasteiger partial charge on any atom is 0.361 e. The van der Waals surface area contributed by atoms with Crippen LogP contribution in [-0.2, 0) is 33.3 Å². The minimum atomic E-state index is -1.52. The van der Waals surface area contributed by atoms with E-state index in [2.05, 4.69) is 172 Å². The van der Waals surface area contributed by atoms with Crippen LogP contribution in [-0.4, -0.2) is 87.4 Å². The molecule has 0 aromatic carbocycles. The summed E-state index contributed by atoms with van der Waals surface area (Å²) in [4.78, 5) is 37.7. The number of carboxylic acid groups (broad SMARTS) is 1. The van der Waals surface area contributed by atoms with Gasteiger partial charge in [-0.15, -0.1) is 0 Å². The number of esters is 2. The number of likely N-dealkylation sites (N-methyl/N-ethyl adjacent to an activating group) is 1. The van der Waals surface area contributed by atoms with Crippen molar-refractivity contribution < 1.29 is 42.9 Å². The van der Waals surface area contributed by atoms with Crippen molar-refractivity contribution in [2.24, 2.45) is 0 Å². The highest BCUT2D eigenvalue weighted by atomic mass is 16.7. The Hall–Kier alpha value is -5.09. The smallest absolute Gasteiger partial charge is 0.361 e. The Bertz CT molecular complexity index is 2020. The second-order valence-corrected chi connectivity index (χ2v) is 24.4. The van der Waals surface area contributed by atoms with Crippen LogP contribution in [0.5, 0.6) is 0 Å². The monoisotopic (exact) mass is 1230 g/mol. The van der Waals surface area contributed by atoms with Gasteiger partial charge in [-0.2, -0.15) is 0 Å². The largest absolute Gasteiger partial charge is 0.477 e. The van der Waals surface area contributed by atoms with Gasteiger partial charge in [0.1, 0.15) is 13.2 Å². The van der Waals surface area contributed by atoms with Gasteiger partial charge in [-0.05, 0) is 122 Å². The highest BCUT2D eigenvalue weighted by Crippen LogP contribution is 2.16. The minimum Gasteiger partial charge on any atom is -0.477 e. The second kappa shape index (κ2) is 68.8. The van der Waals surface area contributed by atoms with Gasteiger partial charge < -0.3 is 28.5 Å². The summed E-state index contributed by atoms with van der Waals surface area (Å²) in [6.07, 6.45) is 99.2. The first-order valence-corrected chi connectivity index (χ1v) is 35.6. The van der Waals surface area contributed by atoms with Gasteiger partial charge in [0.15, 0.2) is 6.10 Å². The summed E-state index contributed by atoms with van der Waals surface area (Å²) in [7, 11) is 5.97. The predicted molar refractivity (Wildman–Crippen MR) is 382 cm³/mol. The number of carbonyl (C=O) groups is 3. The van der Waals surface area contributed by atoms with Crippen molar-refractivity contribution in [3.63, 3.8) is 0 Å². The molecule has 0 aliphatic heterocycles. The van der Waals surface area contributed by atoms with E-state index in [0.29, 0.717) is 23.9 Å². The van der Waals surface area contributed by atoms with E-state index in [9.17, 15) is 19.5 Å². The van der Waals surface area contributed by atoms with Crippen molar-refractivity contribution in [1.29, 1.82) is 0 Å². The number of carbonyl (C=O) groups excluding carboxylic acids is 2. The van der Waals surface area contributed by atoms with E-state index in [1.807, 2.05) is 21.1 Å². The summed E-state index contributed by atoms with van der Waals surface area (Å²) in [5.41, 5.74) is 0. The fourth-order valence-corrected chi connectivity index (χ4v) is 9.41. The van der Waals surface area contributed by atoms with Gasteiger partial charge >= 0.3 is 17.9 Å². The Balaban J connectivity index is 4.17. The number of rotatable bonds is 64. The molecule has 0 aromatic rings. The molecule has 0 heterocycles. The van der Waals surface area contributed by atoms with Crippen LogP contribution in [0.4, 0.5) is 0 Å². The number of nitrogens with zero attached hydrogens (tertiary/aromatic N) is 1. The molecule has 504 valence electrons. The summed E-state index contributed by atoms with van der Waals surface area (Å²) in [5, 5.41) is 9.76. The van der Waals surface area contributed by atoms with Gasteiger partial charge in [0.05, 0.1) is 34.4 Å². The van der Waals surface area contributed by atoms with Gasteiger partial charge in [0, 0.05) is 12.8 Å². The summed E-state index contributed by atoms with van der Waals surface area (Å²) in [6, 6.07) is 0. The quantitative estimate of drug-likeness (QED) is 0.0211. The van der Waals surface area contributed by atoms with Gasteiger partial charge in [-0.25, -0.2) is 4.79 Å².